The highest BCUT2D eigenvalue weighted by Crippen LogP contribution is 2.27. The van der Waals surface area contributed by atoms with Crippen molar-refractivity contribution in [2.75, 3.05) is 19.6 Å². The number of thiophene rings is 1. The van der Waals surface area contributed by atoms with Gasteiger partial charge in [-0.25, -0.2) is 0 Å². The molecular weight excluding hydrogens is 360 g/mol. The molecule has 1 amide bonds. The first-order chi connectivity index (χ1) is 10.7. The number of nitrogens with one attached hydrogen (secondary N) is 1. The van der Waals surface area contributed by atoms with Crippen LogP contribution in [0.1, 0.15) is 34.1 Å². The molecule has 116 valence electrons. The van der Waals surface area contributed by atoms with Crippen LogP contribution in [0.4, 0.5) is 0 Å². The van der Waals surface area contributed by atoms with E-state index >= 15 is 0 Å². The Kier molecular flexibility index (Phi) is 5.28. The Morgan fingerprint density at radius 2 is 1.95 bits per heavy atom. The average molecular weight is 379 g/mol. The normalized spacial score (nSPS) is 16.6. The fourth-order valence-electron chi connectivity index (χ4n) is 2.84. The van der Waals surface area contributed by atoms with Crippen molar-refractivity contribution < 1.29 is 4.79 Å². The van der Waals surface area contributed by atoms with Gasteiger partial charge in [0.2, 0.25) is 0 Å². The number of benzene rings is 1. The van der Waals surface area contributed by atoms with E-state index in [1.54, 1.807) is 11.3 Å². The summed E-state index contributed by atoms with van der Waals surface area (Å²) in [5.41, 5.74) is 0.703. The average Bonchev–Trinajstić information content (AvgIpc) is 3.22. The van der Waals surface area contributed by atoms with E-state index in [4.69, 9.17) is 0 Å². The molecule has 0 radical (unpaired) electrons. The SMILES string of the molecule is O=C(NCC(c1cccs1)N1CCCC1)c1ccc(Br)cc1. The maximum Gasteiger partial charge on any atom is 0.251 e. The Hall–Kier alpha value is -1.17. The van der Waals surface area contributed by atoms with Gasteiger partial charge >= 0.3 is 0 Å². The summed E-state index contributed by atoms with van der Waals surface area (Å²) in [4.78, 5) is 16.1. The van der Waals surface area contributed by atoms with E-state index in [1.165, 1.54) is 17.7 Å². The van der Waals surface area contributed by atoms with Crippen LogP contribution in [-0.4, -0.2) is 30.4 Å². The lowest BCUT2D eigenvalue weighted by molar-refractivity contribution is 0.0938. The van der Waals surface area contributed by atoms with E-state index in [0.29, 0.717) is 18.2 Å². The number of hydrogen-bond donors (Lipinski definition) is 1. The lowest BCUT2D eigenvalue weighted by atomic mass is 10.2. The van der Waals surface area contributed by atoms with E-state index in [0.717, 1.165) is 17.6 Å². The van der Waals surface area contributed by atoms with Crippen LogP contribution in [0.15, 0.2) is 46.3 Å². The number of carbonyl (C=O) groups excluding carboxylic acids is 1. The number of nitrogens with zero attached hydrogens (tertiary/aromatic N) is 1. The third-order valence-electron chi connectivity index (χ3n) is 4.02. The van der Waals surface area contributed by atoms with Crippen LogP contribution in [-0.2, 0) is 0 Å². The Labute approximate surface area is 143 Å². The quantitative estimate of drug-likeness (QED) is 0.849. The van der Waals surface area contributed by atoms with E-state index < -0.39 is 0 Å². The predicted octanol–water partition coefficient (Wildman–Crippen LogP) is 4.08. The lowest BCUT2D eigenvalue weighted by Crippen LogP contribution is -2.36. The van der Waals surface area contributed by atoms with E-state index in [2.05, 4.69) is 43.7 Å². The van der Waals surface area contributed by atoms with Crippen LogP contribution in [0, 0.1) is 0 Å². The molecule has 1 unspecified atom stereocenters. The third kappa shape index (κ3) is 3.77. The van der Waals surface area contributed by atoms with Gasteiger partial charge < -0.3 is 5.32 Å². The molecule has 1 atom stereocenters. The summed E-state index contributed by atoms with van der Waals surface area (Å²) in [6, 6.07) is 12.0. The summed E-state index contributed by atoms with van der Waals surface area (Å²) >= 11 is 5.16. The van der Waals surface area contributed by atoms with Crippen LogP contribution in [0.2, 0.25) is 0 Å². The molecule has 0 bridgehead atoms. The summed E-state index contributed by atoms with van der Waals surface area (Å²) in [6.45, 7) is 2.91. The zero-order valence-electron chi connectivity index (χ0n) is 12.3. The lowest BCUT2D eigenvalue weighted by Gasteiger charge is -2.26. The number of carbonyl (C=O) groups is 1. The van der Waals surface area contributed by atoms with Gasteiger partial charge in [-0.2, -0.15) is 0 Å². The molecule has 3 nitrogen and oxygen atoms in total. The zero-order valence-corrected chi connectivity index (χ0v) is 14.7. The van der Waals surface area contributed by atoms with Crippen LogP contribution in [0.5, 0.6) is 0 Å². The minimum absolute atomic E-state index is 0.00625. The molecule has 22 heavy (non-hydrogen) atoms. The van der Waals surface area contributed by atoms with E-state index in [9.17, 15) is 4.79 Å². The molecule has 1 saturated heterocycles. The molecular formula is C17H19BrN2OS. The second-order valence-corrected chi connectivity index (χ2v) is 7.39. The van der Waals surface area contributed by atoms with Crippen molar-refractivity contribution in [1.82, 2.24) is 10.2 Å². The van der Waals surface area contributed by atoms with Crippen LogP contribution < -0.4 is 5.32 Å². The van der Waals surface area contributed by atoms with Crippen LogP contribution >= 0.6 is 27.3 Å². The first-order valence-corrected chi connectivity index (χ1v) is 9.22. The van der Waals surface area contributed by atoms with Gasteiger partial charge in [0.05, 0.1) is 6.04 Å². The van der Waals surface area contributed by atoms with Crippen molar-refractivity contribution in [3.8, 4) is 0 Å². The minimum Gasteiger partial charge on any atom is -0.350 e. The zero-order chi connectivity index (χ0) is 15.4. The van der Waals surface area contributed by atoms with Gasteiger partial charge in [-0.15, -0.1) is 11.3 Å². The highest BCUT2D eigenvalue weighted by molar-refractivity contribution is 9.10. The van der Waals surface area contributed by atoms with Gasteiger partial charge in [0, 0.05) is 21.5 Å². The molecule has 0 aliphatic carbocycles. The molecule has 2 heterocycles. The fraction of sp³-hybridized carbons (Fsp3) is 0.353. The van der Waals surface area contributed by atoms with Crippen molar-refractivity contribution in [2.24, 2.45) is 0 Å². The maximum atomic E-state index is 12.3. The first-order valence-electron chi connectivity index (χ1n) is 7.55. The molecule has 0 spiro atoms. The van der Waals surface area contributed by atoms with Gasteiger partial charge in [0.15, 0.2) is 0 Å². The second kappa shape index (κ2) is 7.40. The van der Waals surface area contributed by atoms with Crippen LogP contribution in [0.25, 0.3) is 0 Å². The smallest absolute Gasteiger partial charge is 0.251 e. The summed E-state index contributed by atoms with van der Waals surface area (Å²) in [7, 11) is 0. The number of rotatable bonds is 5. The van der Waals surface area contributed by atoms with Crippen molar-refractivity contribution in [3.05, 3.63) is 56.7 Å². The molecule has 1 N–H and O–H groups in total. The van der Waals surface area contributed by atoms with Crippen LogP contribution in [0.3, 0.4) is 0 Å². The molecule has 2 aromatic rings. The first kappa shape index (κ1) is 15.7. The summed E-state index contributed by atoms with van der Waals surface area (Å²) < 4.78 is 0.984. The summed E-state index contributed by atoms with van der Waals surface area (Å²) in [6.07, 6.45) is 2.51. The molecule has 1 aliphatic heterocycles. The summed E-state index contributed by atoms with van der Waals surface area (Å²) in [5.74, 6) is -0.00625. The largest absolute Gasteiger partial charge is 0.350 e. The molecule has 3 rings (SSSR count). The minimum atomic E-state index is -0.00625. The Morgan fingerprint density at radius 1 is 1.23 bits per heavy atom. The maximum absolute atomic E-state index is 12.3. The third-order valence-corrected chi connectivity index (χ3v) is 5.52. The Morgan fingerprint density at radius 3 is 2.59 bits per heavy atom. The van der Waals surface area contributed by atoms with E-state index in [1.807, 2.05) is 24.3 Å². The number of hydrogen-bond acceptors (Lipinski definition) is 3. The molecule has 1 aromatic heterocycles. The Bertz CT molecular complexity index is 606. The highest BCUT2D eigenvalue weighted by atomic mass is 79.9. The monoisotopic (exact) mass is 378 g/mol. The number of halogens is 1. The number of likely N-dealkylation sites (tertiary alicyclic amines) is 1. The van der Waals surface area contributed by atoms with Crippen molar-refractivity contribution in [1.29, 1.82) is 0 Å². The molecule has 1 aromatic carbocycles. The fourth-order valence-corrected chi connectivity index (χ4v) is 3.96. The van der Waals surface area contributed by atoms with E-state index in [-0.39, 0.29) is 5.91 Å². The van der Waals surface area contributed by atoms with Crippen molar-refractivity contribution in [3.63, 3.8) is 0 Å². The highest BCUT2D eigenvalue weighted by Gasteiger charge is 2.24. The van der Waals surface area contributed by atoms with Crippen molar-refractivity contribution in [2.45, 2.75) is 18.9 Å². The van der Waals surface area contributed by atoms with Gasteiger partial charge in [-0.3, -0.25) is 9.69 Å². The topological polar surface area (TPSA) is 32.3 Å². The predicted molar refractivity (Wildman–Crippen MR) is 94.3 cm³/mol. The molecule has 1 aliphatic rings. The number of amides is 1. The van der Waals surface area contributed by atoms with Gasteiger partial charge in [0.1, 0.15) is 0 Å². The van der Waals surface area contributed by atoms with Gasteiger partial charge in [0.25, 0.3) is 5.91 Å². The summed E-state index contributed by atoms with van der Waals surface area (Å²) in [5, 5.41) is 5.20. The standard InChI is InChI=1S/C17H19BrN2OS/c18-14-7-5-13(6-8-14)17(21)19-12-15(16-4-3-11-22-16)20-9-1-2-10-20/h3-8,11,15H,1-2,9-10,12H2,(H,19,21). The molecule has 5 heteroatoms. The Balaban J connectivity index is 1.66. The molecule has 0 saturated carbocycles. The molecule has 1 fully saturated rings. The second-order valence-electron chi connectivity index (χ2n) is 5.49. The van der Waals surface area contributed by atoms with Gasteiger partial charge in [-0.05, 0) is 61.6 Å². The van der Waals surface area contributed by atoms with Gasteiger partial charge in [-0.1, -0.05) is 22.0 Å². The van der Waals surface area contributed by atoms with Crippen molar-refractivity contribution >= 4 is 33.2 Å².